The van der Waals surface area contributed by atoms with E-state index < -0.39 is 12.9 Å². The SMILES string of the molecule is N#Cc1c(N)nc(N)nc1-c1ccc(F)c(B(O)O)c1. The molecule has 1 heterocycles. The monoisotopic (exact) mass is 273 g/mol. The van der Waals surface area contributed by atoms with Gasteiger partial charge in [-0.2, -0.15) is 10.2 Å². The molecule has 0 amide bonds. The molecule has 0 aliphatic heterocycles. The summed E-state index contributed by atoms with van der Waals surface area (Å²) in [6.07, 6.45) is 0. The molecule has 0 fully saturated rings. The Kier molecular flexibility index (Phi) is 3.52. The normalized spacial score (nSPS) is 10.1. The van der Waals surface area contributed by atoms with E-state index in [1.54, 1.807) is 0 Å². The molecular formula is C11H9BFN5O2. The second-order valence-corrected chi connectivity index (χ2v) is 3.91. The zero-order valence-electron chi connectivity index (χ0n) is 10.1. The van der Waals surface area contributed by atoms with Gasteiger partial charge in [0.2, 0.25) is 5.95 Å². The highest BCUT2D eigenvalue weighted by Crippen LogP contribution is 2.24. The molecule has 9 heteroatoms. The lowest BCUT2D eigenvalue weighted by Crippen LogP contribution is -2.32. The summed E-state index contributed by atoms with van der Waals surface area (Å²) in [6.45, 7) is 0. The van der Waals surface area contributed by atoms with Gasteiger partial charge >= 0.3 is 7.12 Å². The van der Waals surface area contributed by atoms with Gasteiger partial charge < -0.3 is 21.5 Å². The van der Waals surface area contributed by atoms with Gasteiger partial charge in [-0.1, -0.05) is 6.07 Å². The largest absolute Gasteiger partial charge is 0.491 e. The van der Waals surface area contributed by atoms with Gasteiger partial charge in [-0.15, -0.1) is 0 Å². The molecule has 0 radical (unpaired) electrons. The van der Waals surface area contributed by atoms with Crippen LogP contribution in [0.3, 0.4) is 0 Å². The van der Waals surface area contributed by atoms with Crippen molar-refractivity contribution in [2.75, 3.05) is 11.5 Å². The highest BCUT2D eigenvalue weighted by Gasteiger charge is 2.20. The molecule has 0 aliphatic rings. The van der Waals surface area contributed by atoms with Gasteiger partial charge in [0.25, 0.3) is 0 Å². The molecule has 0 aliphatic carbocycles. The lowest BCUT2D eigenvalue weighted by atomic mass is 9.78. The summed E-state index contributed by atoms with van der Waals surface area (Å²) in [5.74, 6) is -1.05. The summed E-state index contributed by atoms with van der Waals surface area (Å²) < 4.78 is 13.4. The predicted octanol–water partition coefficient (Wildman–Crippen LogP) is -1.00. The molecule has 100 valence electrons. The first kappa shape index (κ1) is 13.7. The fourth-order valence-electron chi connectivity index (χ4n) is 1.70. The van der Waals surface area contributed by atoms with Crippen molar-refractivity contribution in [2.24, 2.45) is 0 Å². The van der Waals surface area contributed by atoms with Gasteiger partial charge in [0.05, 0.1) is 5.69 Å². The van der Waals surface area contributed by atoms with E-state index in [1.807, 2.05) is 6.07 Å². The van der Waals surface area contributed by atoms with Crippen molar-refractivity contribution in [1.82, 2.24) is 9.97 Å². The second kappa shape index (κ2) is 5.12. The Bertz CT molecular complexity index is 717. The van der Waals surface area contributed by atoms with E-state index in [1.165, 1.54) is 6.07 Å². The molecule has 0 unspecified atom stereocenters. The van der Waals surface area contributed by atoms with Crippen molar-refractivity contribution in [3.8, 4) is 17.3 Å². The highest BCUT2D eigenvalue weighted by atomic mass is 19.1. The molecule has 1 aromatic carbocycles. The molecule has 0 saturated carbocycles. The van der Waals surface area contributed by atoms with Crippen molar-refractivity contribution in [1.29, 1.82) is 5.26 Å². The number of nitrogen functional groups attached to an aromatic ring is 2. The number of hydrogen-bond donors (Lipinski definition) is 4. The van der Waals surface area contributed by atoms with Gasteiger partial charge in [-0.05, 0) is 12.1 Å². The van der Waals surface area contributed by atoms with Crippen LogP contribution in [0.2, 0.25) is 0 Å². The fraction of sp³-hybridized carbons (Fsp3) is 0. The Morgan fingerprint density at radius 2 is 1.95 bits per heavy atom. The van der Waals surface area contributed by atoms with Crippen molar-refractivity contribution >= 4 is 24.3 Å². The average molecular weight is 273 g/mol. The first-order valence-electron chi connectivity index (χ1n) is 5.43. The van der Waals surface area contributed by atoms with Crippen LogP contribution >= 0.6 is 0 Å². The molecular weight excluding hydrogens is 264 g/mol. The first-order chi connectivity index (χ1) is 9.43. The lowest BCUT2D eigenvalue weighted by Gasteiger charge is -2.09. The number of halogens is 1. The standard InChI is InChI=1S/C11H9BFN5O2/c13-8-2-1-5(3-7(8)12(19)20)9-6(4-14)10(15)18-11(16)17-9/h1-3,19-20H,(H4,15,16,17,18). The Morgan fingerprint density at radius 1 is 1.25 bits per heavy atom. The predicted molar refractivity (Wildman–Crippen MR) is 70.8 cm³/mol. The van der Waals surface area contributed by atoms with Gasteiger partial charge in [0.1, 0.15) is 23.3 Å². The first-order valence-corrected chi connectivity index (χ1v) is 5.43. The molecule has 0 bridgehead atoms. The number of aromatic nitrogens is 2. The van der Waals surface area contributed by atoms with Crippen molar-refractivity contribution < 1.29 is 14.4 Å². The van der Waals surface area contributed by atoms with Crippen LogP contribution in [-0.4, -0.2) is 27.1 Å². The minimum absolute atomic E-state index is 0.0239. The van der Waals surface area contributed by atoms with E-state index in [0.29, 0.717) is 0 Å². The number of nitrogens with two attached hydrogens (primary N) is 2. The van der Waals surface area contributed by atoms with E-state index in [4.69, 9.17) is 26.8 Å². The number of rotatable bonds is 2. The number of benzene rings is 1. The lowest BCUT2D eigenvalue weighted by molar-refractivity contribution is 0.423. The number of nitrogens with zero attached hydrogens (tertiary/aromatic N) is 3. The van der Waals surface area contributed by atoms with Crippen molar-refractivity contribution in [2.45, 2.75) is 0 Å². The fourth-order valence-corrected chi connectivity index (χ4v) is 1.70. The molecule has 6 N–H and O–H groups in total. The molecule has 2 rings (SSSR count). The third-order valence-electron chi connectivity index (χ3n) is 2.61. The van der Waals surface area contributed by atoms with Crippen LogP contribution in [0.25, 0.3) is 11.3 Å². The number of anilines is 2. The zero-order chi connectivity index (χ0) is 14.9. The molecule has 7 nitrogen and oxygen atoms in total. The molecule has 1 aromatic heterocycles. The maximum absolute atomic E-state index is 13.4. The summed E-state index contributed by atoms with van der Waals surface area (Å²) in [5, 5.41) is 27.2. The number of nitriles is 1. The van der Waals surface area contributed by atoms with Gasteiger partial charge in [-0.3, -0.25) is 0 Å². The van der Waals surface area contributed by atoms with Gasteiger partial charge in [0, 0.05) is 11.0 Å². The summed E-state index contributed by atoms with van der Waals surface area (Å²) in [4.78, 5) is 7.54. The Morgan fingerprint density at radius 3 is 2.55 bits per heavy atom. The van der Waals surface area contributed by atoms with Crippen LogP contribution in [0.4, 0.5) is 16.2 Å². The van der Waals surface area contributed by atoms with Crippen molar-refractivity contribution in [3.63, 3.8) is 0 Å². The van der Waals surface area contributed by atoms with E-state index >= 15 is 0 Å². The van der Waals surface area contributed by atoms with E-state index in [9.17, 15) is 4.39 Å². The van der Waals surface area contributed by atoms with Gasteiger partial charge in [0.15, 0.2) is 0 Å². The smallest absolute Gasteiger partial charge is 0.423 e. The Hall–Kier alpha value is -2.70. The van der Waals surface area contributed by atoms with Crippen LogP contribution in [0.5, 0.6) is 0 Å². The average Bonchev–Trinajstić information content (AvgIpc) is 2.38. The van der Waals surface area contributed by atoms with Crippen LogP contribution in [0, 0.1) is 17.1 Å². The van der Waals surface area contributed by atoms with Crippen molar-refractivity contribution in [3.05, 3.63) is 29.6 Å². The Labute approximate surface area is 113 Å². The summed E-state index contributed by atoms with van der Waals surface area (Å²) in [5.41, 5.74) is 11.0. The van der Waals surface area contributed by atoms with Gasteiger partial charge in [-0.25, -0.2) is 9.37 Å². The minimum Gasteiger partial charge on any atom is -0.423 e. The zero-order valence-corrected chi connectivity index (χ0v) is 10.1. The van der Waals surface area contributed by atoms with Crippen LogP contribution in [-0.2, 0) is 0 Å². The van der Waals surface area contributed by atoms with E-state index in [0.717, 1.165) is 12.1 Å². The summed E-state index contributed by atoms with van der Waals surface area (Å²) >= 11 is 0. The maximum atomic E-state index is 13.4. The number of hydrogen-bond acceptors (Lipinski definition) is 7. The summed E-state index contributed by atoms with van der Waals surface area (Å²) in [7, 11) is -1.99. The third kappa shape index (κ3) is 2.38. The molecule has 0 saturated heterocycles. The highest BCUT2D eigenvalue weighted by molar-refractivity contribution is 6.58. The second-order valence-electron chi connectivity index (χ2n) is 3.91. The minimum atomic E-state index is -1.99. The quantitative estimate of drug-likeness (QED) is 0.514. The summed E-state index contributed by atoms with van der Waals surface area (Å²) in [6, 6.07) is 5.33. The van der Waals surface area contributed by atoms with E-state index in [2.05, 4.69) is 9.97 Å². The third-order valence-corrected chi connectivity index (χ3v) is 2.61. The maximum Gasteiger partial charge on any atom is 0.491 e. The van der Waals surface area contributed by atoms with Crippen LogP contribution in [0.15, 0.2) is 18.2 Å². The van der Waals surface area contributed by atoms with Crippen LogP contribution < -0.4 is 16.9 Å². The topological polar surface area (TPSA) is 142 Å². The van der Waals surface area contributed by atoms with E-state index in [-0.39, 0.29) is 34.0 Å². The molecule has 20 heavy (non-hydrogen) atoms. The Balaban J connectivity index is 2.69. The molecule has 0 spiro atoms. The molecule has 0 atom stereocenters. The van der Waals surface area contributed by atoms with Crippen LogP contribution in [0.1, 0.15) is 5.56 Å². The molecule has 2 aromatic rings.